The molecule has 0 aliphatic carbocycles. The molecule has 2 aromatic carbocycles. The zero-order valence-corrected chi connectivity index (χ0v) is 18.6. The van der Waals surface area contributed by atoms with Gasteiger partial charge >= 0.3 is 11.9 Å². The van der Waals surface area contributed by atoms with Crippen molar-refractivity contribution in [3.8, 4) is 0 Å². The molecule has 31 heavy (non-hydrogen) atoms. The molecule has 2 N–H and O–H groups in total. The van der Waals surface area contributed by atoms with Gasteiger partial charge in [-0.2, -0.15) is 0 Å². The highest BCUT2D eigenvalue weighted by molar-refractivity contribution is 7.92. The number of sulfonamides is 1. The third-order valence-electron chi connectivity index (χ3n) is 4.11. The lowest BCUT2D eigenvalue weighted by molar-refractivity contribution is -0.123. The van der Waals surface area contributed by atoms with Gasteiger partial charge in [0.25, 0.3) is 10.0 Å². The maximum Gasteiger partial charge on any atom is 0.337 e. The number of hydrogen-bond acceptors (Lipinski definition) is 7. The van der Waals surface area contributed by atoms with Gasteiger partial charge in [0.2, 0.25) is 5.91 Å². The molecule has 0 saturated carbocycles. The minimum atomic E-state index is -4.19. The first-order valence-electron chi connectivity index (χ1n) is 9.13. The highest BCUT2D eigenvalue weighted by atomic mass is 32.2. The summed E-state index contributed by atoms with van der Waals surface area (Å²) >= 11 is 0. The predicted molar refractivity (Wildman–Crippen MR) is 114 cm³/mol. The van der Waals surface area contributed by atoms with E-state index in [1.807, 2.05) is 0 Å². The molecule has 0 radical (unpaired) electrons. The molecule has 0 heterocycles. The Morgan fingerprint density at radius 2 is 1.35 bits per heavy atom. The smallest absolute Gasteiger partial charge is 0.337 e. The van der Waals surface area contributed by atoms with Gasteiger partial charge in [0, 0.05) is 11.1 Å². The first kappa shape index (κ1) is 23.9. The standard InChI is InChI=1S/C21H24N2O7S/c1-21(2,3)20(26)22-15-7-6-8-16(12-15)23-31(27,28)17-10-13(18(24)29-4)9-14(11-17)19(25)30-5/h6-12,23H,1-5H3,(H,22,26). The second-order valence-electron chi connectivity index (χ2n) is 7.62. The minimum absolute atomic E-state index is 0.128. The summed E-state index contributed by atoms with van der Waals surface area (Å²) in [5.74, 6) is -1.86. The average Bonchev–Trinajstić information content (AvgIpc) is 2.71. The lowest BCUT2D eigenvalue weighted by atomic mass is 9.95. The molecule has 0 fully saturated rings. The molecule has 10 heteroatoms. The maximum atomic E-state index is 12.9. The number of methoxy groups -OCH3 is 2. The maximum absolute atomic E-state index is 12.9. The zero-order chi connectivity index (χ0) is 23.4. The van der Waals surface area contributed by atoms with Crippen molar-refractivity contribution < 1.29 is 32.3 Å². The number of rotatable bonds is 6. The summed E-state index contributed by atoms with van der Waals surface area (Å²) in [6.45, 7) is 5.26. The predicted octanol–water partition coefficient (Wildman–Crippen LogP) is 3.05. The molecule has 0 unspecified atom stereocenters. The monoisotopic (exact) mass is 448 g/mol. The van der Waals surface area contributed by atoms with Crippen molar-refractivity contribution in [3.05, 3.63) is 53.6 Å². The Kier molecular flexibility index (Phi) is 7.06. The molecule has 0 aromatic heterocycles. The van der Waals surface area contributed by atoms with Crippen LogP contribution in [0.3, 0.4) is 0 Å². The Morgan fingerprint density at radius 1 is 0.839 bits per heavy atom. The SMILES string of the molecule is COC(=O)c1cc(C(=O)OC)cc(S(=O)(=O)Nc2cccc(NC(=O)C(C)(C)C)c2)c1. The van der Waals surface area contributed by atoms with Crippen molar-refractivity contribution in [1.29, 1.82) is 0 Å². The molecule has 0 atom stereocenters. The van der Waals surface area contributed by atoms with E-state index in [0.29, 0.717) is 5.69 Å². The Morgan fingerprint density at radius 3 is 1.84 bits per heavy atom. The summed E-state index contributed by atoms with van der Waals surface area (Å²) in [5, 5.41) is 2.71. The fourth-order valence-corrected chi connectivity index (χ4v) is 3.54. The van der Waals surface area contributed by atoms with E-state index in [9.17, 15) is 22.8 Å². The molecule has 0 saturated heterocycles. The van der Waals surface area contributed by atoms with Crippen LogP contribution in [0.1, 0.15) is 41.5 Å². The summed E-state index contributed by atoms with van der Waals surface area (Å²) in [6.07, 6.45) is 0. The van der Waals surface area contributed by atoms with Gasteiger partial charge in [-0.15, -0.1) is 0 Å². The van der Waals surface area contributed by atoms with E-state index in [1.54, 1.807) is 32.9 Å². The minimum Gasteiger partial charge on any atom is -0.465 e. The van der Waals surface area contributed by atoms with Crippen LogP contribution in [0.25, 0.3) is 0 Å². The number of benzene rings is 2. The Balaban J connectivity index is 2.40. The molecule has 0 bridgehead atoms. The van der Waals surface area contributed by atoms with Crippen LogP contribution in [0.5, 0.6) is 0 Å². The summed E-state index contributed by atoms with van der Waals surface area (Å²) in [6, 6.07) is 9.49. The molecular weight excluding hydrogens is 424 g/mol. The van der Waals surface area contributed by atoms with E-state index in [4.69, 9.17) is 0 Å². The van der Waals surface area contributed by atoms with Crippen LogP contribution in [-0.4, -0.2) is 40.5 Å². The molecule has 9 nitrogen and oxygen atoms in total. The van der Waals surface area contributed by atoms with Gasteiger partial charge in [0.1, 0.15) is 0 Å². The molecule has 2 rings (SSSR count). The van der Waals surface area contributed by atoms with Crippen molar-refractivity contribution in [2.45, 2.75) is 25.7 Å². The van der Waals surface area contributed by atoms with Crippen molar-refractivity contribution >= 4 is 39.2 Å². The molecule has 0 aliphatic heterocycles. The molecule has 1 amide bonds. The summed E-state index contributed by atoms with van der Waals surface area (Å²) in [4.78, 5) is 35.7. The topological polar surface area (TPSA) is 128 Å². The number of carbonyl (C=O) groups is 3. The summed E-state index contributed by atoms with van der Waals surface area (Å²) < 4.78 is 37.5. The first-order chi connectivity index (χ1) is 14.4. The van der Waals surface area contributed by atoms with Crippen LogP contribution < -0.4 is 10.0 Å². The normalized spacial score (nSPS) is 11.4. The van der Waals surface area contributed by atoms with E-state index in [0.717, 1.165) is 26.4 Å². The van der Waals surface area contributed by atoms with Crippen LogP contribution in [0.4, 0.5) is 11.4 Å². The van der Waals surface area contributed by atoms with Crippen LogP contribution in [0.2, 0.25) is 0 Å². The number of anilines is 2. The average molecular weight is 448 g/mol. The molecule has 0 spiro atoms. The van der Waals surface area contributed by atoms with Crippen molar-refractivity contribution in [2.75, 3.05) is 24.3 Å². The van der Waals surface area contributed by atoms with E-state index < -0.39 is 27.4 Å². The van der Waals surface area contributed by atoms with Crippen molar-refractivity contribution in [3.63, 3.8) is 0 Å². The van der Waals surface area contributed by atoms with Crippen LogP contribution in [0.15, 0.2) is 47.4 Å². The van der Waals surface area contributed by atoms with Crippen LogP contribution >= 0.6 is 0 Å². The second-order valence-corrected chi connectivity index (χ2v) is 9.30. The Hall–Kier alpha value is -3.40. The number of nitrogens with one attached hydrogen (secondary N) is 2. The quantitative estimate of drug-likeness (QED) is 0.650. The molecule has 0 aliphatic rings. The zero-order valence-electron chi connectivity index (χ0n) is 17.8. The lowest BCUT2D eigenvalue weighted by Crippen LogP contribution is -2.27. The number of hydrogen-bond donors (Lipinski definition) is 2. The van der Waals surface area contributed by atoms with Gasteiger partial charge in [0.15, 0.2) is 0 Å². The highest BCUT2D eigenvalue weighted by Crippen LogP contribution is 2.24. The highest BCUT2D eigenvalue weighted by Gasteiger charge is 2.23. The molecule has 2 aromatic rings. The summed E-state index contributed by atoms with van der Waals surface area (Å²) in [5.41, 5.74) is -0.309. The summed E-state index contributed by atoms with van der Waals surface area (Å²) in [7, 11) is -1.92. The van der Waals surface area contributed by atoms with E-state index >= 15 is 0 Å². The fraction of sp³-hybridized carbons (Fsp3) is 0.286. The Labute approximate surface area is 180 Å². The van der Waals surface area contributed by atoms with Crippen LogP contribution in [-0.2, 0) is 24.3 Å². The van der Waals surface area contributed by atoms with Gasteiger partial charge < -0.3 is 14.8 Å². The fourth-order valence-electron chi connectivity index (χ4n) is 2.42. The van der Waals surface area contributed by atoms with Gasteiger partial charge in [-0.3, -0.25) is 9.52 Å². The number of carbonyl (C=O) groups excluding carboxylic acids is 3. The van der Waals surface area contributed by atoms with E-state index in [2.05, 4.69) is 19.5 Å². The lowest BCUT2D eigenvalue weighted by Gasteiger charge is -2.18. The number of esters is 2. The van der Waals surface area contributed by atoms with E-state index in [1.165, 1.54) is 18.2 Å². The molecular formula is C21H24N2O7S. The second kappa shape index (κ2) is 9.17. The third kappa shape index (κ3) is 6.05. The first-order valence-corrected chi connectivity index (χ1v) is 10.6. The van der Waals surface area contributed by atoms with Crippen molar-refractivity contribution in [1.82, 2.24) is 0 Å². The number of amides is 1. The van der Waals surface area contributed by atoms with Crippen molar-refractivity contribution in [2.24, 2.45) is 5.41 Å². The molecule has 166 valence electrons. The van der Waals surface area contributed by atoms with Gasteiger partial charge in [0.05, 0.1) is 35.9 Å². The van der Waals surface area contributed by atoms with E-state index in [-0.39, 0.29) is 27.6 Å². The largest absolute Gasteiger partial charge is 0.465 e. The van der Waals surface area contributed by atoms with Gasteiger partial charge in [-0.05, 0) is 36.4 Å². The Bertz CT molecular complexity index is 1080. The van der Waals surface area contributed by atoms with Crippen LogP contribution in [0, 0.1) is 5.41 Å². The third-order valence-corrected chi connectivity index (χ3v) is 5.47. The van der Waals surface area contributed by atoms with Gasteiger partial charge in [-0.25, -0.2) is 18.0 Å². The van der Waals surface area contributed by atoms with Gasteiger partial charge in [-0.1, -0.05) is 26.8 Å². The number of ether oxygens (including phenoxy) is 2.